The Kier molecular flexibility index (Phi) is 7.92. The number of methoxy groups -OCH3 is 1. The molecule has 0 aromatic heterocycles. The van der Waals surface area contributed by atoms with Crippen LogP contribution in [0, 0.1) is 11.3 Å². The van der Waals surface area contributed by atoms with Crippen molar-refractivity contribution in [3.8, 4) is 23.3 Å². The summed E-state index contributed by atoms with van der Waals surface area (Å²) < 4.78 is 16.3. The van der Waals surface area contributed by atoms with Gasteiger partial charge in [-0.3, -0.25) is 4.79 Å². The fraction of sp³-hybridized carbons (Fsp3) is 0.273. The zero-order valence-electron chi connectivity index (χ0n) is 15.6. The highest BCUT2D eigenvalue weighted by molar-refractivity contribution is 6.06. The summed E-state index contributed by atoms with van der Waals surface area (Å²) in [7, 11) is 1.60. The van der Waals surface area contributed by atoms with Crippen LogP contribution in [0.3, 0.4) is 0 Å². The Labute approximate surface area is 159 Å². The number of rotatable bonds is 10. The molecule has 0 N–H and O–H groups in total. The maximum Gasteiger partial charge on any atom is 0.185 e. The predicted molar refractivity (Wildman–Crippen MR) is 104 cm³/mol. The molecule has 140 valence electrons. The van der Waals surface area contributed by atoms with Crippen LogP contribution in [0.5, 0.6) is 17.2 Å². The normalized spacial score (nSPS) is 10.4. The smallest absolute Gasteiger partial charge is 0.185 e. The second kappa shape index (κ2) is 10.7. The number of carbonyl (C=O) groups is 1. The van der Waals surface area contributed by atoms with Crippen LogP contribution in [0.25, 0.3) is 6.08 Å². The number of ketones is 1. The van der Waals surface area contributed by atoms with Crippen molar-refractivity contribution in [2.75, 3.05) is 20.3 Å². The zero-order valence-corrected chi connectivity index (χ0v) is 15.6. The summed E-state index contributed by atoms with van der Waals surface area (Å²) in [4.78, 5) is 12.3. The Morgan fingerprint density at radius 2 is 1.89 bits per heavy atom. The molecule has 0 atom stereocenters. The second-order valence-electron chi connectivity index (χ2n) is 5.78. The Balaban J connectivity index is 2.06. The van der Waals surface area contributed by atoms with E-state index in [-0.39, 0.29) is 12.4 Å². The summed E-state index contributed by atoms with van der Waals surface area (Å²) in [5.74, 6) is 1.77. The molecule has 0 aliphatic carbocycles. The lowest BCUT2D eigenvalue weighted by Crippen LogP contribution is -1.99. The molecule has 0 radical (unpaired) electrons. The van der Waals surface area contributed by atoms with Gasteiger partial charge in [0.15, 0.2) is 23.9 Å². The molecule has 0 saturated heterocycles. The van der Waals surface area contributed by atoms with Crippen LogP contribution in [0.15, 0.2) is 48.5 Å². The third kappa shape index (κ3) is 6.19. The van der Waals surface area contributed by atoms with Crippen molar-refractivity contribution in [3.05, 3.63) is 59.7 Å². The van der Waals surface area contributed by atoms with Gasteiger partial charge in [-0.05, 0) is 54.5 Å². The van der Waals surface area contributed by atoms with Crippen LogP contribution in [-0.4, -0.2) is 26.1 Å². The minimum Gasteiger partial charge on any atom is -0.493 e. The molecule has 0 unspecified atom stereocenters. The van der Waals surface area contributed by atoms with Crippen molar-refractivity contribution in [3.63, 3.8) is 0 Å². The molecule has 0 fully saturated rings. The van der Waals surface area contributed by atoms with Crippen molar-refractivity contribution in [2.45, 2.75) is 19.8 Å². The van der Waals surface area contributed by atoms with Crippen molar-refractivity contribution in [1.29, 1.82) is 5.26 Å². The first kappa shape index (κ1) is 20.1. The quantitative estimate of drug-likeness (QED) is 0.348. The van der Waals surface area contributed by atoms with E-state index in [2.05, 4.69) is 6.92 Å². The number of hydrogen-bond acceptors (Lipinski definition) is 5. The van der Waals surface area contributed by atoms with Gasteiger partial charge in [-0.25, -0.2) is 0 Å². The van der Waals surface area contributed by atoms with E-state index in [0.717, 1.165) is 18.4 Å². The van der Waals surface area contributed by atoms with Gasteiger partial charge in [-0.1, -0.05) is 25.5 Å². The van der Waals surface area contributed by atoms with Gasteiger partial charge in [-0.2, -0.15) is 5.26 Å². The van der Waals surface area contributed by atoms with E-state index < -0.39 is 0 Å². The summed E-state index contributed by atoms with van der Waals surface area (Å²) in [6, 6.07) is 14.1. The van der Waals surface area contributed by atoms with Gasteiger partial charge in [0, 0.05) is 5.56 Å². The molecule has 27 heavy (non-hydrogen) atoms. The number of unbranched alkanes of at least 4 members (excludes halogenated alkanes) is 1. The number of allylic oxidation sites excluding steroid dienone is 1. The second-order valence-corrected chi connectivity index (χ2v) is 5.78. The molecule has 2 aromatic carbocycles. The minimum absolute atomic E-state index is 0.0205. The van der Waals surface area contributed by atoms with E-state index in [1.54, 1.807) is 37.5 Å². The third-order valence-corrected chi connectivity index (χ3v) is 3.81. The SMILES string of the molecule is CCCCOc1cc(/C=C/C(=O)c2ccc(OCC#N)cc2)ccc1OC. The lowest BCUT2D eigenvalue weighted by atomic mass is 10.1. The topological polar surface area (TPSA) is 68.5 Å². The highest BCUT2D eigenvalue weighted by Crippen LogP contribution is 2.29. The van der Waals surface area contributed by atoms with Crippen LogP contribution in [-0.2, 0) is 0 Å². The lowest BCUT2D eigenvalue weighted by Gasteiger charge is -2.11. The molecular weight excluding hydrogens is 342 g/mol. The molecule has 0 aliphatic rings. The van der Waals surface area contributed by atoms with E-state index in [9.17, 15) is 4.79 Å². The average Bonchev–Trinajstić information content (AvgIpc) is 2.71. The molecule has 2 aromatic rings. The van der Waals surface area contributed by atoms with E-state index >= 15 is 0 Å². The van der Waals surface area contributed by atoms with Gasteiger partial charge in [-0.15, -0.1) is 0 Å². The molecule has 2 rings (SSSR count). The fourth-order valence-corrected chi connectivity index (χ4v) is 2.34. The fourth-order valence-electron chi connectivity index (χ4n) is 2.34. The summed E-state index contributed by atoms with van der Waals surface area (Å²) >= 11 is 0. The largest absolute Gasteiger partial charge is 0.493 e. The monoisotopic (exact) mass is 365 g/mol. The number of benzene rings is 2. The van der Waals surface area contributed by atoms with Crippen molar-refractivity contribution >= 4 is 11.9 Å². The summed E-state index contributed by atoms with van der Waals surface area (Å²) in [6.45, 7) is 2.71. The number of nitrogens with zero attached hydrogens (tertiary/aromatic N) is 1. The van der Waals surface area contributed by atoms with E-state index in [4.69, 9.17) is 19.5 Å². The van der Waals surface area contributed by atoms with Crippen molar-refractivity contribution in [1.82, 2.24) is 0 Å². The van der Waals surface area contributed by atoms with Gasteiger partial charge in [0.25, 0.3) is 0 Å². The standard InChI is InChI=1S/C22H23NO4/c1-3-4-14-27-22-16-17(6-12-21(22)25-2)5-11-20(24)18-7-9-19(10-8-18)26-15-13-23/h5-12,16H,3-4,14-15H2,1-2H3/b11-5+. The minimum atomic E-state index is -0.119. The van der Waals surface area contributed by atoms with Gasteiger partial charge >= 0.3 is 0 Å². The predicted octanol–water partition coefficient (Wildman–Crippen LogP) is 4.67. The maximum atomic E-state index is 12.3. The molecular formula is C22H23NO4. The number of hydrogen-bond donors (Lipinski definition) is 0. The van der Waals surface area contributed by atoms with Gasteiger partial charge < -0.3 is 14.2 Å². The molecule has 0 spiro atoms. The molecule has 5 nitrogen and oxygen atoms in total. The number of carbonyl (C=O) groups excluding carboxylic acids is 1. The Bertz CT molecular complexity index is 819. The highest BCUT2D eigenvalue weighted by Gasteiger charge is 2.06. The summed E-state index contributed by atoms with van der Waals surface area (Å²) in [5.41, 5.74) is 1.40. The molecule has 0 aliphatic heterocycles. The molecule has 0 heterocycles. The Morgan fingerprint density at radius 1 is 1.11 bits per heavy atom. The number of nitriles is 1. The first-order valence-electron chi connectivity index (χ1n) is 8.81. The van der Waals surface area contributed by atoms with Crippen molar-refractivity contribution in [2.24, 2.45) is 0 Å². The molecule has 0 saturated carbocycles. The van der Waals surface area contributed by atoms with Crippen LogP contribution >= 0.6 is 0 Å². The van der Waals surface area contributed by atoms with Crippen LogP contribution < -0.4 is 14.2 Å². The van der Waals surface area contributed by atoms with Gasteiger partial charge in [0.2, 0.25) is 0 Å². The average molecular weight is 365 g/mol. The van der Waals surface area contributed by atoms with Crippen LogP contribution in [0.2, 0.25) is 0 Å². The third-order valence-electron chi connectivity index (χ3n) is 3.81. The van der Waals surface area contributed by atoms with Gasteiger partial charge in [0.05, 0.1) is 13.7 Å². The maximum absolute atomic E-state index is 12.3. The molecule has 0 amide bonds. The van der Waals surface area contributed by atoms with Gasteiger partial charge in [0.1, 0.15) is 11.8 Å². The molecule has 5 heteroatoms. The lowest BCUT2D eigenvalue weighted by molar-refractivity contribution is 0.104. The first-order valence-corrected chi connectivity index (χ1v) is 8.81. The van der Waals surface area contributed by atoms with Crippen LogP contribution in [0.1, 0.15) is 35.7 Å². The first-order chi connectivity index (χ1) is 13.2. The summed E-state index contributed by atoms with van der Waals surface area (Å²) in [5, 5.41) is 8.51. The Hall–Kier alpha value is -3.26. The zero-order chi connectivity index (χ0) is 19.5. The van der Waals surface area contributed by atoms with E-state index in [1.165, 1.54) is 6.08 Å². The van der Waals surface area contributed by atoms with E-state index in [1.807, 2.05) is 24.3 Å². The number of ether oxygens (including phenoxy) is 3. The molecule has 0 bridgehead atoms. The van der Waals surface area contributed by atoms with Crippen molar-refractivity contribution < 1.29 is 19.0 Å². The summed E-state index contributed by atoms with van der Waals surface area (Å²) in [6.07, 6.45) is 5.28. The van der Waals surface area contributed by atoms with Crippen LogP contribution in [0.4, 0.5) is 0 Å². The highest BCUT2D eigenvalue weighted by atomic mass is 16.5. The Morgan fingerprint density at radius 3 is 2.56 bits per heavy atom. The van der Waals surface area contributed by atoms with E-state index in [0.29, 0.717) is 29.4 Å².